The van der Waals surface area contributed by atoms with Gasteiger partial charge in [0.15, 0.2) is 5.58 Å². The van der Waals surface area contributed by atoms with Gasteiger partial charge in [-0.3, -0.25) is 0 Å². The Morgan fingerprint density at radius 2 is 2.15 bits per heavy atom. The Bertz CT molecular complexity index is 786. The zero-order chi connectivity index (χ0) is 14.1. The average Bonchev–Trinajstić information content (AvgIpc) is 2.82. The third kappa shape index (κ3) is 2.61. The average molecular weight is 307 g/mol. The van der Waals surface area contributed by atoms with E-state index in [0.29, 0.717) is 26.4 Å². The van der Waals surface area contributed by atoms with Gasteiger partial charge in [0.05, 0.1) is 10.6 Å². The van der Waals surface area contributed by atoms with Gasteiger partial charge in [-0.1, -0.05) is 11.6 Å². The lowest BCUT2D eigenvalue weighted by Gasteiger charge is -1.95. The van der Waals surface area contributed by atoms with E-state index in [9.17, 15) is 4.79 Å². The highest BCUT2D eigenvalue weighted by atomic mass is 35.5. The van der Waals surface area contributed by atoms with E-state index in [-0.39, 0.29) is 5.56 Å². The van der Waals surface area contributed by atoms with Crippen molar-refractivity contribution < 1.29 is 14.3 Å². The molecule has 0 aliphatic rings. The lowest BCUT2D eigenvalue weighted by molar-refractivity contribution is 0.0697. The molecule has 0 amide bonds. The minimum absolute atomic E-state index is 0.162. The first kappa shape index (κ1) is 13.0. The minimum Gasteiger partial charge on any atom is -0.478 e. The molecule has 0 bridgehead atoms. The van der Waals surface area contributed by atoms with Crippen molar-refractivity contribution in [1.29, 1.82) is 0 Å². The van der Waals surface area contributed by atoms with Crippen molar-refractivity contribution in [2.24, 2.45) is 0 Å². The van der Waals surface area contributed by atoms with E-state index in [2.05, 4.69) is 9.97 Å². The predicted octanol–water partition coefficient (Wildman–Crippen LogP) is 3.73. The summed E-state index contributed by atoms with van der Waals surface area (Å²) in [5.74, 6) is -1.00. The molecule has 7 heteroatoms. The summed E-state index contributed by atoms with van der Waals surface area (Å²) in [6, 6.07) is 8.03. The molecule has 0 aliphatic carbocycles. The zero-order valence-corrected chi connectivity index (χ0v) is 11.5. The summed E-state index contributed by atoms with van der Waals surface area (Å²) in [4.78, 5) is 19.3. The summed E-state index contributed by atoms with van der Waals surface area (Å²) < 4.78 is 5.51. The fourth-order valence-electron chi connectivity index (χ4n) is 1.59. The van der Waals surface area contributed by atoms with Gasteiger partial charge in [0.1, 0.15) is 10.5 Å². The van der Waals surface area contributed by atoms with Crippen molar-refractivity contribution in [2.75, 3.05) is 0 Å². The van der Waals surface area contributed by atoms with E-state index in [1.807, 2.05) is 0 Å². The van der Waals surface area contributed by atoms with Crippen LogP contribution in [-0.4, -0.2) is 21.0 Å². The van der Waals surface area contributed by atoms with E-state index >= 15 is 0 Å². The van der Waals surface area contributed by atoms with Crippen molar-refractivity contribution in [3.63, 3.8) is 0 Å². The van der Waals surface area contributed by atoms with Gasteiger partial charge in [-0.05, 0) is 42.1 Å². The summed E-state index contributed by atoms with van der Waals surface area (Å²) in [7, 11) is 0. The number of carboxylic acid groups (broad SMARTS) is 1. The lowest BCUT2D eigenvalue weighted by Crippen LogP contribution is -1.94. The Hall–Kier alpha value is -2.05. The van der Waals surface area contributed by atoms with Crippen LogP contribution in [0.1, 0.15) is 10.4 Å². The number of nitrogens with zero attached hydrogens (tertiary/aromatic N) is 2. The highest BCUT2D eigenvalue weighted by molar-refractivity contribution is 7.99. The standard InChI is InChI=1S/C13H7ClN2O3S/c14-8-2-4-11(15-6-8)20-13-16-9-3-1-7(12(17)18)5-10(9)19-13/h1-6H,(H,17,18). The topological polar surface area (TPSA) is 76.2 Å². The van der Waals surface area contributed by atoms with E-state index in [4.69, 9.17) is 21.1 Å². The van der Waals surface area contributed by atoms with Crippen LogP contribution < -0.4 is 0 Å². The fourth-order valence-corrected chi connectivity index (χ4v) is 2.40. The molecule has 20 heavy (non-hydrogen) atoms. The number of aromatic nitrogens is 2. The molecule has 1 aromatic carbocycles. The molecule has 3 rings (SSSR count). The SMILES string of the molecule is O=C(O)c1ccc2nc(Sc3ccc(Cl)cn3)oc2c1. The van der Waals surface area contributed by atoms with E-state index < -0.39 is 5.97 Å². The highest BCUT2D eigenvalue weighted by Crippen LogP contribution is 2.29. The number of oxazole rings is 1. The van der Waals surface area contributed by atoms with Gasteiger partial charge in [0.2, 0.25) is 0 Å². The third-order valence-corrected chi connectivity index (χ3v) is 3.53. The predicted molar refractivity (Wildman–Crippen MR) is 74.3 cm³/mol. The minimum atomic E-state index is -1.00. The van der Waals surface area contributed by atoms with Crippen molar-refractivity contribution in [2.45, 2.75) is 10.2 Å². The van der Waals surface area contributed by atoms with Crippen molar-refractivity contribution in [3.05, 3.63) is 47.1 Å². The van der Waals surface area contributed by atoms with Crippen LogP contribution in [0.25, 0.3) is 11.1 Å². The molecule has 0 atom stereocenters. The highest BCUT2D eigenvalue weighted by Gasteiger charge is 2.11. The molecule has 0 saturated carbocycles. The largest absolute Gasteiger partial charge is 0.478 e. The molecular formula is C13H7ClN2O3S. The first-order valence-corrected chi connectivity index (χ1v) is 6.74. The van der Waals surface area contributed by atoms with Gasteiger partial charge in [-0.2, -0.15) is 0 Å². The van der Waals surface area contributed by atoms with Crippen LogP contribution in [0.5, 0.6) is 0 Å². The second-order valence-corrected chi connectivity index (χ2v) is 5.29. The summed E-state index contributed by atoms with van der Waals surface area (Å²) in [6.45, 7) is 0. The summed E-state index contributed by atoms with van der Waals surface area (Å²) in [5, 5.41) is 10.6. The summed E-state index contributed by atoms with van der Waals surface area (Å²) in [6.07, 6.45) is 1.54. The van der Waals surface area contributed by atoms with E-state index in [0.717, 1.165) is 0 Å². The summed E-state index contributed by atoms with van der Waals surface area (Å²) >= 11 is 7.00. The number of pyridine rings is 1. The van der Waals surface area contributed by atoms with Crippen LogP contribution in [0.3, 0.4) is 0 Å². The zero-order valence-electron chi connectivity index (χ0n) is 9.91. The third-order valence-electron chi connectivity index (χ3n) is 2.51. The number of aromatic carboxylic acids is 1. The molecule has 0 unspecified atom stereocenters. The maximum absolute atomic E-state index is 10.9. The Kier molecular flexibility index (Phi) is 3.33. The van der Waals surface area contributed by atoms with E-state index in [1.165, 1.54) is 30.1 Å². The maximum Gasteiger partial charge on any atom is 0.335 e. The molecule has 0 radical (unpaired) electrons. The maximum atomic E-state index is 10.9. The molecule has 1 N–H and O–H groups in total. The van der Waals surface area contributed by atoms with Gasteiger partial charge in [-0.25, -0.2) is 14.8 Å². The Labute approximate surface area is 122 Å². The number of hydrogen-bond acceptors (Lipinski definition) is 5. The van der Waals surface area contributed by atoms with Gasteiger partial charge in [0.25, 0.3) is 5.22 Å². The monoisotopic (exact) mass is 306 g/mol. The smallest absolute Gasteiger partial charge is 0.335 e. The molecule has 5 nitrogen and oxygen atoms in total. The number of fused-ring (bicyclic) bond motifs is 1. The van der Waals surface area contributed by atoms with Crippen molar-refractivity contribution in [3.8, 4) is 0 Å². The van der Waals surface area contributed by atoms with Crippen LogP contribution in [0.2, 0.25) is 5.02 Å². The van der Waals surface area contributed by atoms with Crippen molar-refractivity contribution in [1.82, 2.24) is 9.97 Å². The normalized spacial score (nSPS) is 10.8. The molecule has 2 aromatic heterocycles. The first-order valence-electron chi connectivity index (χ1n) is 5.55. The first-order chi connectivity index (χ1) is 9.61. The molecular weight excluding hydrogens is 300 g/mol. The molecule has 0 fully saturated rings. The molecule has 0 saturated heterocycles. The number of benzene rings is 1. The fraction of sp³-hybridized carbons (Fsp3) is 0. The Balaban J connectivity index is 1.92. The number of halogens is 1. The van der Waals surface area contributed by atoms with Gasteiger partial charge >= 0.3 is 5.97 Å². The molecule has 0 spiro atoms. The lowest BCUT2D eigenvalue weighted by atomic mass is 10.2. The van der Waals surface area contributed by atoms with Gasteiger partial charge in [-0.15, -0.1) is 0 Å². The van der Waals surface area contributed by atoms with Crippen LogP contribution >= 0.6 is 23.4 Å². The Morgan fingerprint density at radius 3 is 2.85 bits per heavy atom. The molecule has 0 aliphatic heterocycles. The van der Waals surface area contributed by atoms with Crippen molar-refractivity contribution >= 4 is 40.4 Å². The number of rotatable bonds is 3. The molecule has 100 valence electrons. The summed E-state index contributed by atoms with van der Waals surface area (Å²) in [5.41, 5.74) is 1.20. The number of carbonyl (C=O) groups is 1. The second kappa shape index (κ2) is 5.15. The van der Waals surface area contributed by atoms with Crippen LogP contribution in [0.15, 0.2) is 51.2 Å². The van der Waals surface area contributed by atoms with Crippen LogP contribution in [-0.2, 0) is 0 Å². The van der Waals surface area contributed by atoms with Gasteiger partial charge < -0.3 is 9.52 Å². The van der Waals surface area contributed by atoms with Gasteiger partial charge in [0, 0.05) is 6.20 Å². The quantitative estimate of drug-likeness (QED) is 0.794. The van der Waals surface area contributed by atoms with Crippen LogP contribution in [0, 0.1) is 0 Å². The number of hydrogen-bond donors (Lipinski definition) is 1. The van der Waals surface area contributed by atoms with E-state index in [1.54, 1.807) is 18.2 Å². The number of carboxylic acids is 1. The molecule has 2 heterocycles. The van der Waals surface area contributed by atoms with Crippen LogP contribution in [0.4, 0.5) is 0 Å². The Morgan fingerprint density at radius 1 is 1.30 bits per heavy atom. The molecule has 3 aromatic rings. The second-order valence-electron chi connectivity index (χ2n) is 3.88.